The molecule has 2 saturated heterocycles. The summed E-state index contributed by atoms with van der Waals surface area (Å²) in [6, 6.07) is 6.91. The Morgan fingerprint density at radius 3 is 2.58 bits per heavy atom. The molecule has 0 spiro atoms. The summed E-state index contributed by atoms with van der Waals surface area (Å²) < 4.78 is 19.8. The van der Waals surface area contributed by atoms with Gasteiger partial charge >= 0.3 is 0 Å². The molecular weight excluding hydrogens is 395 g/mol. The molecule has 2 aliphatic heterocycles. The third-order valence-electron chi connectivity index (χ3n) is 6.65. The minimum atomic E-state index is -0.201. The Balaban J connectivity index is 1.38. The van der Waals surface area contributed by atoms with Crippen molar-refractivity contribution in [3.05, 3.63) is 52.7 Å². The van der Waals surface area contributed by atoms with Gasteiger partial charge in [-0.1, -0.05) is 18.2 Å². The van der Waals surface area contributed by atoms with Crippen LogP contribution in [0.3, 0.4) is 0 Å². The summed E-state index contributed by atoms with van der Waals surface area (Å²) in [5.74, 6) is 2.28. The van der Waals surface area contributed by atoms with Crippen molar-refractivity contribution in [2.75, 3.05) is 44.3 Å². The molecule has 0 N–H and O–H groups in total. The van der Waals surface area contributed by atoms with Gasteiger partial charge in [-0.25, -0.2) is 14.4 Å². The maximum Gasteiger partial charge on any atom is 0.228 e. The topological polar surface area (TPSA) is 58.6 Å². The molecule has 1 aliphatic carbocycles. The van der Waals surface area contributed by atoms with Crippen molar-refractivity contribution in [2.24, 2.45) is 5.92 Å². The molecule has 0 radical (unpaired) electrons. The minimum Gasteiger partial charge on any atom is -0.381 e. The van der Waals surface area contributed by atoms with Crippen molar-refractivity contribution in [1.29, 1.82) is 0 Å². The van der Waals surface area contributed by atoms with Gasteiger partial charge in [0.25, 0.3) is 0 Å². The van der Waals surface area contributed by atoms with Crippen LogP contribution in [0.4, 0.5) is 10.2 Å². The zero-order chi connectivity index (χ0) is 21.4. The number of aromatic nitrogens is 2. The van der Waals surface area contributed by atoms with Gasteiger partial charge in [0.05, 0.1) is 12.5 Å². The highest BCUT2D eigenvalue weighted by Gasteiger charge is 2.33. The van der Waals surface area contributed by atoms with Crippen LogP contribution in [0.1, 0.15) is 47.8 Å². The van der Waals surface area contributed by atoms with Crippen molar-refractivity contribution in [2.45, 2.75) is 38.5 Å². The van der Waals surface area contributed by atoms with Crippen LogP contribution >= 0.6 is 0 Å². The van der Waals surface area contributed by atoms with Crippen molar-refractivity contribution in [3.63, 3.8) is 0 Å². The SMILES string of the molecule is Cc1nc(C2CC2)nc(N2CCN(C(=O)C3CCOC3)CC2)c1Cc1ccccc1F. The highest BCUT2D eigenvalue weighted by Crippen LogP contribution is 2.39. The quantitative estimate of drug-likeness (QED) is 0.738. The molecule has 3 heterocycles. The number of nitrogens with zero attached hydrogens (tertiary/aromatic N) is 4. The first-order valence-electron chi connectivity index (χ1n) is 11.3. The Kier molecular flexibility index (Phi) is 5.61. The fourth-order valence-corrected chi connectivity index (χ4v) is 4.55. The smallest absolute Gasteiger partial charge is 0.228 e. The molecule has 7 heteroatoms. The molecule has 3 fully saturated rings. The zero-order valence-electron chi connectivity index (χ0n) is 18.0. The summed E-state index contributed by atoms with van der Waals surface area (Å²) in [6.07, 6.45) is 3.56. The molecule has 1 saturated carbocycles. The Morgan fingerprint density at radius 2 is 1.90 bits per heavy atom. The van der Waals surface area contributed by atoms with Crippen LogP contribution in [0.15, 0.2) is 24.3 Å². The second-order valence-corrected chi connectivity index (χ2v) is 8.88. The summed E-state index contributed by atoms with van der Waals surface area (Å²) in [5, 5.41) is 0. The molecular formula is C24H29FN4O2. The van der Waals surface area contributed by atoms with E-state index in [-0.39, 0.29) is 17.6 Å². The van der Waals surface area contributed by atoms with Gasteiger partial charge in [-0.2, -0.15) is 0 Å². The molecule has 1 unspecified atom stereocenters. The Labute approximate surface area is 182 Å². The Bertz CT molecular complexity index is 964. The van der Waals surface area contributed by atoms with Crippen molar-refractivity contribution in [1.82, 2.24) is 14.9 Å². The summed E-state index contributed by atoms with van der Waals surface area (Å²) in [6.45, 7) is 6.04. The van der Waals surface area contributed by atoms with Crippen molar-refractivity contribution >= 4 is 11.7 Å². The number of piperazine rings is 1. The van der Waals surface area contributed by atoms with Gasteiger partial charge < -0.3 is 14.5 Å². The van der Waals surface area contributed by atoms with Gasteiger partial charge in [0.2, 0.25) is 5.91 Å². The summed E-state index contributed by atoms with van der Waals surface area (Å²) in [4.78, 5) is 26.7. The van der Waals surface area contributed by atoms with Gasteiger partial charge in [0.1, 0.15) is 17.5 Å². The van der Waals surface area contributed by atoms with Crippen LogP contribution in [-0.4, -0.2) is 60.2 Å². The first-order valence-corrected chi connectivity index (χ1v) is 11.3. The van der Waals surface area contributed by atoms with E-state index < -0.39 is 0 Å². The number of hydrogen-bond acceptors (Lipinski definition) is 5. The van der Waals surface area contributed by atoms with Crippen LogP contribution in [0.2, 0.25) is 0 Å². The number of aryl methyl sites for hydroxylation is 1. The molecule has 6 nitrogen and oxygen atoms in total. The van der Waals surface area contributed by atoms with Gasteiger partial charge in [0, 0.05) is 56.4 Å². The zero-order valence-corrected chi connectivity index (χ0v) is 18.0. The first kappa shape index (κ1) is 20.4. The van der Waals surface area contributed by atoms with Crippen LogP contribution in [0, 0.1) is 18.7 Å². The van der Waals surface area contributed by atoms with Crippen LogP contribution in [-0.2, 0) is 16.0 Å². The van der Waals surface area contributed by atoms with E-state index in [9.17, 15) is 9.18 Å². The van der Waals surface area contributed by atoms with E-state index in [0.29, 0.717) is 44.2 Å². The second-order valence-electron chi connectivity index (χ2n) is 8.88. The maximum atomic E-state index is 14.4. The van der Waals surface area contributed by atoms with E-state index in [0.717, 1.165) is 55.3 Å². The number of anilines is 1. The molecule has 5 rings (SSSR count). The lowest BCUT2D eigenvalue weighted by molar-refractivity contribution is -0.135. The summed E-state index contributed by atoms with van der Waals surface area (Å²) >= 11 is 0. The predicted octanol–water partition coefficient (Wildman–Crippen LogP) is 3.08. The number of hydrogen-bond donors (Lipinski definition) is 0. The highest BCUT2D eigenvalue weighted by molar-refractivity contribution is 5.79. The van der Waals surface area contributed by atoms with E-state index in [1.165, 1.54) is 6.07 Å². The maximum absolute atomic E-state index is 14.4. The normalized spacial score (nSPS) is 21.5. The molecule has 164 valence electrons. The summed E-state index contributed by atoms with van der Waals surface area (Å²) in [5.41, 5.74) is 2.57. The summed E-state index contributed by atoms with van der Waals surface area (Å²) in [7, 11) is 0. The molecule has 0 bridgehead atoms. The van der Waals surface area contributed by atoms with E-state index in [1.54, 1.807) is 6.07 Å². The van der Waals surface area contributed by atoms with Crippen molar-refractivity contribution < 1.29 is 13.9 Å². The predicted molar refractivity (Wildman–Crippen MR) is 116 cm³/mol. The number of benzene rings is 1. The fraction of sp³-hybridized carbons (Fsp3) is 0.542. The van der Waals surface area contributed by atoms with Gasteiger partial charge in [-0.05, 0) is 37.8 Å². The lowest BCUT2D eigenvalue weighted by Gasteiger charge is -2.37. The third-order valence-corrected chi connectivity index (χ3v) is 6.65. The third kappa shape index (κ3) is 4.28. The first-order chi connectivity index (χ1) is 15.1. The van der Waals surface area contributed by atoms with E-state index in [4.69, 9.17) is 14.7 Å². The minimum absolute atomic E-state index is 0.00549. The number of amides is 1. The Morgan fingerprint density at radius 1 is 1.13 bits per heavy atom. The Hall–Kier alpha value is -2.54. The highest BCUT2D eigenvalue weighted by atomic mass is 19.1. The standard InChI is InChI=1S/C24H29FN4O2/c1-16-20(14-18-4-2-3-5-21(18)25)23(27-22(26-16)17-6-7-17)28-9-11-29(12-10-28)24(30)19-8-13-31-15-19/h2-5,17,19H,6-15H2,1H3. The fourth-order valence-electron chi connectivity index (χ4n) is 4.55. The molecule has 1 amide bonds. The number of carbonyl (C=O) groups is 1. The molecule has 3 aliphatic rings. The molecule has 1 aromatic carbocycles. The lowest BCUT2D eigenvalue weighted by Crippen LogP contribution is -2.51. The van der Waals surface area contributed by atoms with Gasteiger partial charge in [-0.15, -0.1) is 0 Å². The number of rotatable bonds is 5. The molecule has 2 aromatic rings. The van der Waals surface area contributed by atoms with E-state index in [2.05, 4.69) is 4.90 Å². The second kappa shape index (κ2) is 8.54. The lowest BCUT2D eigenvalue weighted by atomic mass is 10.0. The monoisotopic (exact) mass is 424 g/mol. The largest absolute Gasteiger partial charge is 0.381 e. The molecule has 1 atom stereocenters. The van der Waals surface area contributed by atoms with E-state index in [1.807, 2.05) is 24.0 Å². The number of carbonyl (C=O) groups excluding carboxylic acids is 1. The van der Waals surface area contributed by atoms with Crippen LogP contribution in [0.25, 0.3) is 0 Å². The number of halogens is 1. The molecule has 31 heavy (non-hydrogen) atoms. The van der Waals surface area contributed by atoms with Crippen LogP contribution in [0.5, 0.6) is 0 Å². The number of ether oxygens (including phenoxy) is 1. The van der Waals surface area contributed by atoms with E-state index >= 15 is 0 Å². The van der Waals surface area contributed by atoms with Gasteiger partial charge in [-0.3, -0.25) is 4.79 Å². The van der Waals surface area contributed by atoms with Gasteiger partial charge in [0.15, 0.2) is 0 Å². The van der Waals surface area contributed by atoms with Crippen molar-refractivity contribution in [3.8, 4) is 0 Å². The molecule has 1 aromatic heterocycles. The van der Waals surface area contributed by atoms with Crippen LogP contribution < -0.4 is 4.90 Å². The average Bonchev–Trinajstić information content (AvgIpc) is 3.50. The average molecular weight is 425 g/mol.